The molecule has 0 aliphatic carbocycles. The third kappa shape index (κ3) is 3.19. The molecule has 124 valence electrons. The number of ketones is 1. The molecule has 3 rings (SSSR count). The van der Waals surface area contributed by atoms with Gasteiger partial charge >= 0.3 is 5.97 Å². The van der Waals surface area contributed by atoms with Crippen LogP contribution < -0.4 is 0 Å². The second kappa shape index (κ2) is 7.08. The maximum absolute atomic E-state index is 12.7. The summed E-state index contributed by atoms with van der Waals surface area (Å²) in [7, 11) is 0. The molecule has 1 aromatic carbocycles. The lowest BCUT2D eigenvalue weighted by Crippen LogP contribution is -2.35. The molecule has 0 radical (unpaired) electrons. The zero-order valence-corrected chi connectivity index (χ0v) is 13.2. The second-order valence-corrected chi connectivity index (χ2v) is 5.25. The van der Waals surface area contributed by atoms with Crippen LogP contribution in [0, 0.1) is 0 Å². The van der Waals surface area contributed by atoms with Crippen molar-refractivity contribution in [1.29, 1.82) is 0 Å². The molecule has 0 saturated heterocycles. The molecule has 2 aromatic rings. The van der Waals surface area contributed by atoms with Crippen molar-refractivity contribution in [3.8, 4) is 0 Å². The van der Waals surface area contributed by atoms with Gasteiger partial charge in [-0.3, -0.25) is 14.6 Å². The number of esters is 1. The van der Waals surface area contributed by atoms with Crippen molar-refractivity contribution in [2.75, 3.05) is 13.2 Å². The molecule has 0 amide bonds. The zero-order chi connectivity index (χ0) is 16.9. The van der Waals surface area contributed by atoms with Gasteiger partial charge in [0.25, 0.3) is 0 Å². The van der Waals surface area contributed by atoms with Gasteiger partial charge in [0.15, 0.2) is 11.8 Å². The zero-order valence-electron chi connectivity index (χ0n) is 13.2. The Morgan fingerprint density at radius 2 is 2.00 bits per heavy atom. The average Bonchev–Trinajstić information content (AvgIpc) is 3.25. The minimum atomic E-state index is -0.770. The molecule has 2 atom stereocenters. The van der Waals surface area contributed by atoms with Crippen molar-refractivity contribution in [2.24, 2.45) is 10.3 Å². The Bertz CT molecular complexity index is 728. The highest BCUT2D eigenvalue weighted by molar-refractivity contribution is 5.98. The van der Waals surface area contributed by atoms with E-state index >= 15 is 0 Å². The maximum atomic E-state index is 12.7. The van der Waals surface area contributed by atoms with Gasteiger partial charge in [-0.05, 0) is 24.6 Å². The highest BCUT2D eigenvalue weighted by Crippen LogP contribution is 2.34. The van der Waals surface area contributed by atoms with Crippen molar-refractivity contribution in [3.63, 3.8) is 0 Å². The topological polar surface area (TPSA) is 84.5 Å². The molecule has 0 fully saturated rings. The van der Waals surface area contributed by atoms with E-state index in [9.17, 15) is 9.59 Å². The first kappa shape index (κ1) is 15.9. The lowest BCUT2D eigenvalue weighted by molar-refractivity contribution is -0.144. The molecule has 0 spiro atoms. The normalized spacial score (nSPS) is 19.5. The first-order valence-corrected chi connectivity index (χ1v) is 7.66. The molecular formula is C17H17N3O4. The van der Waals surface area contributed by atoms with E-state index in [1.54, 1.807) is 19.1 Å². The van der Waals surface area contributed by atoms with Crippen LogP contribution in [0.4, 0.5) is 0 Å². The molecule has 0 N–H and O–H groups in total. The summed E-state index contributed by atoms with van der Waals surface area (Å²) in [6, 6.07) is 11.4. The molecule has 2 unspecified atom stereocenters. The maximum Gasteiger partial charge on any atom is 0.327 e. The lowest BCUT2D eigenvalue weighted by Gasteiger charge is -2.24. The van der Waals surface area contributed by atoms with Crippen LogP contribution in [0.2, 0.25) is 0 Å². The minimum absolute atomic E-state index is 0.0706. The predicted octanol–water partition coefficient (Wildman–Crippen LogP) is 2.82. The van der Waals surface area contributed by atoms with Crippen molar-refractivity contribution in [1.82, 2.24) is 5.01 Å². The van der Waals surface area contributed by atoms with E-state index < -0.39 is 18.1 Å². The SMILES string of the molecule is CCOC(=O)CN1N=NC(C(=O)c2ccco2)C1c1ccccc1. The number of hydrogen-bond acceptors (Lipinski definition) is 7. The van der Waals surface area contributed by atoms with Crippen LogP contribution in [0.15, 0.2) is 63.5 Å². The highest BCUT2D eigenvalue weighted by atomic mass is 16.5. The number of ether oxygens (including phenoxy) is 1. The van der Waals surface area contributed by atoms with Gasteiger partial charge in [-0.15, -0.1) is 0 Å². The summed E-state index contributed by atoms with van der Waals surface area (Å²) in [6.07, 6.45) is 1.44. The monoisotopic (exact) mass is 327 g/mol. The molecule has 2 heterocycles. The summed E-state index contributed by atoms with van der Waals surface area (Å²) in [5, 5.41) is 9.59. The fraction of sp³-hybridized carbons (Fsp3) is 0.294. The van der Waals surface area contributed by atoms with Gasteiger partial charge in [-0.1, -0.05) is 35.6 Å². The predicted molar refractivity (Wildman–Crippen MR) is 84.2 cm³/mol. The third-order valence-corrected chi connectivity index (χ3v) is 3.68. The fourth-order valence-electron chi connectivity index (χ4n) is 2.64. The van der Waals surface area contributed by atoms with Crippen LogP contribution in [0.1, 0.15) is 29.1 Å². The van der Waals surface area contributed by atoms with Crippen LogP contribution in [-0.4, -0.2) is 36.0 Å². The number of Topliss-reactive ketones (excluding diaryl/α,β-unsaturated/α-hetero) is 1. The average molecular weight is 327 g/mol. The Morgan fingerprint density at radius 3 is 2.67 bits per heavy atom. The fourth-order valence-corrected chi connectivity index (χ4v) is 2.64. The number of nitrogens with zero attached hydrogens (tertiary/aromatic N) is 3. The van der Waals surface area contributed by atoms with Crippen LogP contribution >= 0.6 is 0 Å². The van der Waals surface area contributed by atoms with Gasteiger partial charge in [0.2, 0.25) is 5.78 Å². The van der Waals surface area contributed by atoms with Crippen molar-refractivity contribution < 1.29 is 18.7 Å². The number of rotatable bonds is 6. The molecule has 0 saturated carbocycles. The van der Waals surface area contributed by atoms with Gasteiger partial charge in [0, 0.05) is 0 Å². The molecule has 1 aliphatic rings. The summed E-state index contributed by atoms with van der Waals surface area (Å²) < 4.78 is 10.2. The first-order chi connectivity index (χ1) is 11.7. The molecule has 24 heavy (non-hydrogen) atoms. The lowest BCUT2D eigenvalue weighted by atomic mass is 9.95. The largest absolute Gasteiger partial charge is 0.465 e. The summed E-state index contributed by atoms with van der Waals surface area (Å²) in [6.45, 7) is 1.95. The number of hydrogen-bond donors (Lipinski definition) is 0. The summed E-state index contributed by atoms with van der Waals surface area (Å²) in [4.78, 5) is 24.5. The Hall–Kier alpha value is -2.96. The number of carbonyl (C=O) groups is 2. The Labute approximate surface area is 138 Å². The molecule has 1 aliphatic heterocycles. The molecular weight excluding hydrogens is 310 g/mol. The van der Waals surface area contributed by atoms with Gasteiger partial charge < -0.3 is 9.15 Å². The number of furan rings is 1. The molecule has 0 bridgehead atoms. The minimum Gasteiger partial charge on any atom is -0.465 e. The van der Waals surface area contributed by atoms with E-state index in [4.69, 9.17) is 9.15 Å². The Balaban J connectivity index is 1.87. The van der Waals surface area contributed by atoms with Gasteiger partial charge in [-0.25, -0.2) is 0 Å². The van der Waals surface area contributed by atoms with Crippen molar-refractivity contribution in [2.45, 2.75) is 19.0 Å². The molecule has 1 aromatic heterocycles. The van der Waals surface area contributed by atoms with Gasteiger partial charge in [-0.2, -0.15) is 5.11 Å². The Kier molecular flexibility index (Phi) is 4.69. The number of benzene rings is 1. The third-order valence-electron chi connectivity index (χ3n) is 3.68. The van der Waals surface area contributed by atoms with E-state index in [2.05, 4.69) is 10.3 Å². The van der Waals surface area contributed by atoms with E-state index in [-0.39, 0.29) is 24.7 Å². The van der Waals surface area contributed by atoms with Crippen LogP contribution in [0.5, 0.6) is 0 Å². The van der Waals surface area contributed by atoms with Crippen molar-refractivity contribution >= 4 is 11.8 Å². The highest BCUT2D eigenvalue weighted by Gasteiger charge is 2.41. The van der Waals surface area contributed by atoms with E-state index in [1.165, 1.54) is 11.3 Å². The number of carbonyl (C=O) groups excluding carboxylic acids is 2. The molecule has 7 heteroatoms. The van der Waals surface area contributed by atoms with Crippen LogP contribution in [0.25, 0.3) is 0 Å². The van der Waals surface area contributed by atoms with Gasteiger partial charge in [0.1, 0.15) is 12.6 Å². The van der Waals surface area contributed by atoms with E-state index in [0.717, 1.165) is 5.56 Å². The first-order valence-electron chi connectivity index (χ1n) is 7.66. The van der Waals surface area contributed by atoms with Crippen molar-refractivity contribution in [3.05, 3.63) is 60.1 Å². The Morgan fingerprint density at radius 1 is 1.21 bits per heavy atom. The van der Waals surface area contributed by atoms with Crippen LogP contribution in [0.3, 0.4) is 0 Å². The summed E-state index contributed by atoms with van der Waals surface area (Å²) in [5.41, 5.74) is 0.844. The second-order valence-electron chi connectivity index (χ2n) is 5.25. The smallest absolute Gasteiger partial charge is 0.327 e. The van der Waals surface area contributed by atoms with Gasteiger partial charge in [0.05, 0.1) is 12.9 Å². The quantitative estimate of drug-likeness (QED) is 0.601. The van der Waals surface area contributed by atoms with E-state index in [0.29, 0.717) is 0 Å². The van der Waals surface area contributed by atoms with E-state index in [1.807, 2.05) is 30.3 Å². The standard InChI is InChI=1S/C17H17N3O4/c1-2-23-14(21)11-20-16(12-7-4-3-5-8-12)15(18-19-20)17(22)13-9-6-10-24-13/h3-10,15-16H,2,11H2,1H3. The summed E-state index contributed by atoms with van der Waals surface area (Å²) >= 11 is 0. The van der Waals surface area contributed by atoms with Crippen LogP contribution in [-0.2, 0) is 9.53 Å². The molecule has 7 nitrogen and oxygen atoms in total. The summed E-state index contributed by atoms with van der Waals surface area (Å²) in [5.74, 6) is -0.467.